The van der Waals surface area contributed by atoms with Gasteiger partial charge in [0.25, 0.3) is 0 Å². The molecule has 1 aromatic rings. The van der Waals surface area contributed by atoms with Crippen molar-refractivity contribution in [1.29, 1.82) is 0 Å². The summed E-state index contributed by atoms with van der Waals surface area (Å²) in [5, 5.41) is 2.59. The Morgan fingerprint density at radius 2 is 1.90 bits per heavy atom. The van der Waals surface area contributed by atoms with Crippen LogP contribution in [0.5, 0.6) is 0 Å². The molecule has 0 aliphatic rings. The lowest BCUT2D eigenvalue weighted by Crippen LogP contribution is -2.46. The summed E-state index contributed by atoms with van der Waals surface area (Å²) in [6.45, 7) is 4.93. The molecule has 0 heterocycles. The largest absolute Gasteiger partial charge is 0.396 e. The first-order chi connectivity index (χ1) is 9.54. The van der Waals surface area contributed by atoms with Crippen LogP contribution in [-0.2, 0) is 14.8 Å². The van der Waals surface area contributed by atoms with Gasteiger partial charge in [0.1, 0.15) is 5.82 Å². The number of hydrogen-bond acceptors (Lipinski definition) is 4. The Morgan fingerprint density at radius 1 is 1.33 bits per heavy atom. The van der Waals surface area contributed by atoms with Gasteiger partial charge in [0.05, 0.1) is 16.6 Å². The van der Waals surface area contributed by atoms with Crippen molar-refractivity contribution in [2.75, 3.05) is 5.73 Å². The Kier molecular flexibility index (Phi) is 5.71. The molecule has 0 saturated heterocycles. The zero-order chi connectivity index (χ0) is 16.4. The predicted molar refractivity (Wildman–Crippen MR) is 81.6 cm³/mol. The van der Waals surface area contributed by atoms with Crippen LogP contribution in [0, 0.1) is 5.82 Å². The number of halogens is 2. The van der Waals surface area contributed by atoms with E-state index >= 15 is 0 Å². The van der Waals surface area contributed by atoms with Crippen molar-refractivity contribution < 1.29 is 17.6 Å². The van der Waals surface area contributed by atoms with Crippen molar-refractivity contribution in [3.05, 3.63) is 22.4 Å². The molecule has 21 heavy (non-hydrogen) atoms. The van der Waals surface area contributed by atoms with Gasteiger partial charge in [-0.15, -0.1) is 0 Å². The van der Waals surface area contributed by atoms with Gasteiger partial charge in [-0.25, -0.2) is 12.8 Å². The molecule has 0 spiro atoms. The standard InChI is InChI=1S/C12H17BrFN3O3S/c1-6(2)16-12(18)7(3)17-21(19,20)11-5-10(15)9(14)4-8(11)13/h4-7,17H,15H2,1-3H3,(H,16,18). The maximum Gasteiger partial charge on any atom is 0.242 e. The summed E-state index contributed by atoms with van der Waals surface area (Å²) in [5.74, 6) is -1.19. The van der Waals surface area contributed by atoms with Crippen molar-refractivity contribution in [3.8, 4) is 0 Å². The highest BCUT2D eigenvalue weighted by molar-refractivity contribution is 9.10. The second kappa shape index (κ2) is 6.71. The van der Waals surface area contributed by atoms with Crippen molar-refractivity contribution >= 4 is 37.5 Å². The number of rotatable bonds is 5. The lowest BCUT2D eigenvalue weighted by atomic mass is 10.3. The first kappa shape index (κ1) is 17.9. The van der Waals surface area contributed by atoms with Crippen LogP contribution in [0.4, 0.5) is 10.1 Å². The molecule has 4 N–H and O–H groups in total. The fourth-order valence-corrected chi connectivity index (χ4v) is 3.76. The van der Waals surface area contributed by atoms with Crippen LogP contribution in [0.15, 0.2) is 21.5 Å². The molecule has 9 heteroatoms. The van der Waals surface area contributed by atoms with Crippen LogP contribution >= 0.6 is 15.9 Å². The molecule has 1 atom stereocenters. The Bertz CT molecular complexity index is 649. The highest BCUT2D eigenvalue weighted by Crippen LogP contribution is 2.26. The number of nitrogens with two attached hydrogens (primary N) is 1. The van der Waals surface area contributed by atoms with Gasteiger partial charge in [-0.05, 0) is 48.8 Å². The molecule has 0 aromatic heterocycles. The molecular formula is C12H17BrFN3O3S. The number of amides is 1. The van der Waals surface area contributed by atoms with E-state index in [9.17, 15) is 17.6 Å². The molecule has 1 amide bonds. The van der Waals surface area contributed by atoms with Crippen LogP contribution < -0.4 is 15.8 Å². The van der Waals surface area contributed by atoms with Gasteiger partial charge < -0.3 is 11.1 Å². The van der Waals surface area contributed by atoms with E-state index in [4.69, 9.17) is 5.73 Å². The predicted octanol–water partition coefficient (Wildman–Crippen LogP) is 1.36. The number of hydrogen-bond donors (Lipinski definition) is 3. The molecule has 0 aliphatic carbocycles. The van der Waals surface area contributed by atoms with Gasteiger partial charge in [-0.3, -0.25) is 4.79 Å². The van der Waals surface area contributed by atoms with E-state index in [1.807, 2.05) is 0 Å². The van der Waals surface area contributed by atoms with Crippen molar-refractivity contribution in [3.63, 3.8) is 0 Å². The summed E-state index contributed by atoms with van der Waals surface area (Å²) < 4.78 is 39.9. The summed E-state index contributed by atoms with van der Waals surface area (Å²) in [7, 11) is -4.01. The van der Waals surface area contributed by atoms with Gasteiger partial charge >= 0.3 is 0 Å². The van der Waals surface area contributed by atoms with Crippen molar-refractivity contribution in [1.82, 2.24) is 10.0 Å². The molecule has 0 bridgehead atoms. The quantitative estimate of drug-likeness (QED) is 0.670. The Balaban J connectivity index is 3.02. The highest BCUT2D eigenvalue weighted by atomic mass is 79.9. The van der Waals surface area contributed by atoms with Gasteiger partial charge in [-0.2, -0.15) is 4.72 Å². The smallest absolute Gasteiger partial charge is 0.242 e. The first-order valence-electron chi connectivity index (χ1n) is 6.12. The van der Waals surface area contributed by atoms with E-state index in [0.717, 1.165) is 12.1 Å². The van der Waals surface area contributed by atoms with Crippen molar-refractivity contribution in [2.24, 2.45) is 0 Å². The van der Waals surface area contributed by atoms with Gasteiger partial charge in [0.15, 0.2) is 0 Å². The second-order valence-corrected chi connectivity index (χ2v) is 7.35. The number of carbonyl (C=O) groups excluding carboxylic acids is 1. The molecule has 118 valence electrons. The molecule has 0 radical (unpaired) electrons. The van der Waals surface area contributed by atoms with E-state index in [0.29, 0.717) is 0 Å². The average Bonchev–Trinajstić information content (AvgIpc) is 2.32. The second-order valence-electron chi connectivity index (χ2n) is 4.81. The minimum atomic E-state index is -4.01. The number of nitrogens with one attached hydrogen (secondary N) is 2. The topological polar surface area (TPSA) is 101 Å². The zero-order valence-corrected chi connectivity index (χ0v) is 14.2. The SMILES string of the molecule is CC(C)NC(=O)C(C)NS(=O)(=O)c1cc(N)c(F)cc1Br. The monoisotopic (exact) mass is 381 g/mol. The molecule has 1 aromatic carbocycles. The molecule has 1 rings (SSSR count). The average molecular weight is 382 g/mol. The van der Waals surface area contributed by atoms with Crippen LogP contribution in [0.2, 0.25) is 0 Å². The number of carbonyl (C=O) groups is 1. The Hall–Kier alpha value is -1.19. The molecule has 0 aliphatic heterocycles. The maximum absolute atomic E-state index is 13.2. The van der Waals surface area contributed by atoms with Crippen LogP contribution in [-0.4, -0.2) is 26.4 Å². The number of sulfonamides is 1. The summed E-state index contributed by atoms with van der Waals surface area (Å²) in [6.07, 6.45) is 0. The maximum atomic E-state index is 13.2. The third kappa shape index (κ3) is 4.65. The summed E-state index contributed by atoms with van der Waals surface area (Å²) in [6, 6.07) is 0.866. The number of anilines is 1. The molecule has 0 saturated carbocycles. The van der Waals surface area contributed by atoms with Crippen molar-refractivity contribution in [2.45, 2.75) is 37.8 Å². The molecule has 6 nitrogen and oxygen atoms in total. The normalized spacial score (nSPS) is 13.2. The van der Waals surface area contributed by atoms with E-state index in [-0.39, 0.29) is 21.1 Å². The van der Waals surface area contributed by atoms with Gasteiger partial charge in [0, 0.05) is 10.5 Å². The third-order valence-corrected chi connectivity index (χ3v) is 5.00. The number of nitrogen functional groups attached to an aromatic ring is 1. The molecule has 1 unspecified atom stereocenters. The Labute approximate surface area is 131 Å². The summed E-state index contributed by atoms with van der Waals surface area (Å²) >= 11 is 2.97. The molecular weight excluding hydrogens is 365 g/mol. The molecule has 0 fully saturated rings. The fraction of sp³-hybridized carbons (Fsp3) is 0.417. The van der Waals surface area contributed by atoms with E-state index in [2.05, 4.69) is 26.0 Å². The minimum absolute atomic E-state index is 0.0261. The lowest BCUT2D eigenvalue weighted by molar-refractivity contribution is -0.122. The van der Waals surface area contributed by atoms with Gasteiger partial charge in [0.2, 0.25) is 15.9 Å². The summed E-state index contributed by atoms with van der Waals surface area (Å²) in [4.78, 5) is 11.5. The fourth-order valence-electron chi connectivity index (χ4n) is 1.51. The zero-order valence-electron chi connectivity index (χ0n) is 11.8. The van der Waals surface area contributed by atoms with Crippen LogP contribution in [0.25, 0.3) is 0 Å². The third-order valence-electron chi connectivity index (χ3n) is 2.50. The summed E-state index contributed by atoms with van der Waals surface area (Å²) in [5.41, 5.74) is 5.08. The van der Waals surface area contributed by atoms with Crippen LogP contribution in [0.1, 0.15) is 20.8 Å². The van der Waals surface area contributed by atoms with E-state index in [1.165, 1.54) is 6.92 Å². The van der Waals surface area contributed by atoms with E-state index in [1.54, 1.807) is 13.8 Å². The first-order valence-corrected chi connectivity index (χ1v) is 8.39. The van der Waals surface area contributed by atoms with Crippen LogP contribution in [0.3, 0.4) is 0 Å². The minimum Gasteiger partial charge on any atom is -0.396 e. The highest BCUT2D eigenvalue weighted by Gasteiger charge is 2.25. The van der Waals surface area contributed by atoms with Gasteiger partial charge in [-0.1, -0.05) is 0 Å². The lowest BCUT2D eigenvalue weighted by Gasteiger charge is -2.17. The number of benzene rings is 1. The van der Waals surface area contributed by atoms with E-state index < -0.39 is 27.8 Å². The Morgan fingerprint density at radius 3 is 2.43 bits per heavy atom.